The van der Waals surface area contributed by atoms with Crippen LogP contribution in [-0.4, -0.2) is 16.8 Å². The lowest BCUT2D eigenvalue weighted by Gasteiger charge is -2.09. The van der Waals surface area contributed by atoms with Crippen LogP contribution in [0.15, 0.2) is 21.0 Å². The monoisotopic (exact) mass is 324 g/mol. The largest absolute Gasteiger partial charge is 0.493 e. The standard InChI is InChI=1S/C12H13BrN4O2/c13-9-3-7-1-2-18-11(7)8(4-9)6-15-12-17-16-10(5-14)19-12/h3-4H,1-2,5-6,14H2,(H,15,17). The molecule has 1 aliphatic heterocycles. The molecule has 2 aromatic rings. The summed E-state index contributed by atoms with van der Waals surface area (Å²) in [5.41, 5.74) is 7.70. The number of hydrogen-bond donors (Lipinski definition) is 2. The van der Waals surface area contributed by atoms with Crippen LogP contribution in [0.3, 0.4) is 0 Å². The molecule has 0 saturated heterocycles. The van der Waals surface area contributed by atoms with Crippen LogP contribution in [0.5, 0.6) is 5.75 Å². The smallest absolute Gasteiger partial charge is 0.315 e. The van der Waals surface area contributed by atoms with Crippen LogP contribution in [0.1, 0.15) is 17.0 Å². The maximum Gasteiger partial charge on any atom is 0.315 e. The van der Waals surface area contributed by atoms with Gasteiger partial charge in [0.25, 0.3) is 0 Å². The van der Waals surface area contributed by atoms with Crippen molar-refractivity contribution in [3.63, 3.8) is 0 Å². The number of benzene rings is 1. The normalized spacial score (nSPS) is 13.2. The van der Waals surface area contributed by atoms with Crippen LogP contribution < -0.4 is 15.8 Å². The third-order valence-electron chi connectivity index (χ3n) is 2.90. The molecule has 3 rings (SSSR count). The number of nitrogens with two attached hydrogens (primary N) is 1. The molecule has 0 aliphatic carbocycles. The van der Waals surface area contributed by atoms with Crippen molar-refractivity contribution in [2.75, 3.05) is 11.9 Å². The molecule has 0 unspecified atom stereocenters. The molecule has 1 aromatic heterocycles. The molecular formula is C12H13BrN4O2. The van der Waals surface area contributed by atoms with Gasteiger partial charge >= 0.3 is 6.01 Å². The first kappa shape index (κ1) is 12.4. The molecule has 0 amide bonds. The van der Waals surface area contributed by atoms with Gasteiger partial charge in [0.05, 0.1) is 13.2 Å². The summed E-state index contributed by atoms with van der Waals surface area (Å²) in [7, 11) is 0. The molecule has 6 nitrogen and oxygen atoms in total. The Hall–Kier alpha value is -1.60. The van der Waals surface area contributed by atoms with E-state index >= 15 is 0 Å². The van der Waals surface area contributed by atoms with E-state index in [0.29, 0.717) is 18.5 Å². The molecule has 7 heteroatoms. The molecule has 1 aliphatic rings. The molecule has 3 N–H and O–H groups in total. The van der Waals surface area contributed by atoms with Crippen molar-refractivity contribution in [3.8, 4) is 5.75 Å². The van der Waals surface area contributed by atoms with Crippen LogP contribution in [0.25, 0.3) is 0 Å². The molecule has 100 valence electrons. The van der Waals surface area contributed by atoms with Gasteiger partial charge in [0.15, 0.2) is 0 Å². The second kappa shape index (κ2) is 5.18. The number of anilines is 1. The van der Waals surface area contributed by atoms with E-state index in [1.165, 1.54) is 5.56 Å². The van der Waals surface area contributed by atoms with Gasteiger partial charge in [-0.05, 0) is 17.7 Å². The van der Waals surface area contributed by atoms with Gasteiger partial charge < -0.3 is 20.2 Å². The number of ether oxygens (including phenoxy) is 1. The lowest BCUT2D eigenvalue weighted by molar-refractivity contribution is 0.353. The first-order valence-corrected chi connectivity index (χ1v) is 6.76. The number of rotatable bonds is 4. The van der Waals surface area contributed by atoms with Crippen molar-refractivity contribution in [2.24, 2.45) is 5.73 Å². The number of halogens is 1. The number of fused-ring (bicyclic) bond motifs is 1. The van der Waals surface area contributed by atoms with E-state index in [1.807, 2.05) is 6.07 Å². The van der Waals surface area contributed by atoms with Crippen molar-refractivity contribution in [2.45, 2.75) is 19.5 Å². The Bertz CT molecular complexity index is 599. The fourth-order valence-electron chi connectivity index (χ4n) is 2.06. The first-order valence-electron chi connectivity index (χ1n) is 5.96. The van der Waals surface area contributed by atoms with E-state index in [-0.39, 0.29) is 6.54 Å². The summed E-state index contributed by atoms with van der Waals surface area (Å²) in [4.78, 5) is 0. The number of hydrogen-bond acceptors (Lipinski definition) is 6. The lowest BCUT2D eigenvalue weighted by Crippen LogP contribution is -2.02. The molecule has 0 bridgehead atoms. The van der Waals surface area contributed by atoms with Crippen molar-refractivity contribution in [1.29, 1.82) is 0 Å². The van der Waals surface area contributed by atoms with Crippen LogP contribution in [0.4, 0.5) is 6.01 Å². The number of aromatic nitrogens is 2. The van der Waals surface area contributed by atoms with Gasteiger partial charge in [0.2, 0.25) is 5.89 Å². The number of nitrogens with one attached hydrogen (secondary N) is 1. The van der Waals surface area contributed by atoms with E-state index in [0.717, 1.165) is 28.8 Å². The lowest BCUT2D eigenvalue weighted by atomic mass is 10.1. The summed E-state index contributed by atoms with van der Waals surface area (Å²) in [5, 5.41) is 10.7. The average molecular weight is 325 g/mol. The molecule has 0 saturated carbocycles. The zero-order valence-electron chi connectivity index (χ0n) is 10.1. The van der Waals surface area contributed by atoms with Crippen molar-refractivity contribution in [1.82, 2.24) is 10.2 Å². The van der Waals surface area contributed by atoms with Crippen molar-refractivity contribution >= 4 is 21.9 Å². The minimum Gasteiger partial charge on any atom is -0.493 e. The Morgan fingerprint density at radius 3 is 3.05 bits per heavy atom. The predicted octanol–water partition coefficient (Wildman–Crippen LogP) is 1.84. The van der Waals surface area contributed by atoms with Crippen LogP contribution in [0.2, 0.25) is 0 Å². The van der Waals surface area contributed by atoms with Gasteiger partial charge in [0, 0.05) is 23.0 Å². The minimum atomic E-state index is 0.240. The first-order chi connectivity index (χ1) is 9.26. The van der Waals surface area contributed by atoms with Crippen LogP contribution in [-0.2, 0) is 19.5 Å². The third-order valence-corrected chi connectivity index (χ3v) is 3.35. The van der Waals surface area contributed by atoms with Gasteiger partial charge in [-0.2, -0.15) is 0 Å². The maximum atomic E-state index is 5.65. The quantitative estimate of drug-likeness (QED) is 0.892. The molecule has 19 heavy (non-hydrogen) atoms. The predicted molar refractivity (Wildman–Crippen MR) is 72.9 cm³/mol. The highest BCUT2D eigenvalue weighted by molar-refractivity contribution is 9.10. The molecule has 0 spiro atoms. The number of nitrogens with zero attached hydrogens (tertiary/aromatic N) is 2. The van der Waals surface area contributed by atoms with E-state index in [1.54, 1.807) is 0 Å². The summed E-state index contributed by atoms with van der Waals surface area (Å²) < 4.78 is 12.0. The molecule has 1 aromatic carbocycles. The van der Waals surface area contributed by atoms with E-state index < -0.39 is 0 Å². The average Bonchev–Trinajstić information content (AvgIpc) is 3.03. The van der Waals surface area contributed by atoms with Gasteiger partial charge in [-0.1, -0.05) is 21.0 Å². The molecule has 0 radical (unpaired) electrons. The fraction of sp³-hybridized carbons (Fsp3) is 0.333. The highest BCUT2D eigenvalue weighted by Crippen LogP contribution is 2.33. The van der Waals surface area contributed by atoms with Gasteiger partial charge in [-0.25, -0.2) is 0 Å². The van der Waals surface area contributed by atoms with Crippen molar-refractivity contribution in [3.05, 3.63) is 33.6 Å². The van der Waals surface area contributed by atoms with Crippen LogP contribution >= 0.6 is 15.9 Å². The summed E-state index contributed by atoms with van der Waals surface area (Å²) in [5.74, 6) is 1.37. The van der Waals surface area contributed by atoms with Gasteiger partial charge in [-0.15, -0.1) is 5.10 Å². The second-order valence-corrected chi connectivity index (χ2v) is 5.13. The van der Waals surface area contributed by atoms with Gasteiger partial charge in [-0.3, -0.25) is 0 Å². The van der Waals surface area contributed by atoms with E-state index in [2.05, 4.69) is 37.5 Å². The van der Waals surface area contributed by atoms with Gasteiger partial charge in [0.1, 0.15) is 5.75 Å². The molecule has 0 atom stereocenters. The summed E-state index contributed by atoms with van der Waals surface area (Å²) in [6.45, 7) is 1.54. The SMILES string of the molecule is NCc1nnc(NCc2cc(Br)cc3c2OCC3)o1. The molecule has 0 fully saturated rings. The molecule has 2 heterocycles. The van der Waals surface area contributed by atoms with E-state index in [4.69, 9.17) is 14.9 Å². The zero-order valence-corrected chi connectivity index (χ0v) is 11.7. The van der Waals surface area contributed by atoms with Crippen molar-refractivity contribution < 1.29 is 9.15 Å². The highest BCUT2D eigenvalue weighted by atomic mass is 79.9. The zero-order chi connectivity index (χ0) is 13.2. The Balaban J connectivity index is 1.76. The minimum absolute atomic E-state index is 0.240. The third kappa shape index (κ3) is 2.57. The summed E-state index contributed by atoms with van der Waals surface area (Å²) >= 11 is 3.51. The Labute approximate surface area is 118 Å². The maximum absolute atomic E-state index is 5.65. The second-order valence-electron chi connectivity index (χ2n) is 4.21. The summed E-state index contributed by atoms with van der Waals surface area (Å²) in [6.07, 6.45) is 0.944. The summed E-state index contributed by atoms with van der Waals surface area (Å²) in [6, 6.07) is 4.48. The highest BCUT2D eigenvalue weighted by Gasteiger charge is 2.17. The topological polar surface area (TPSA) is 86.2 Å². The van der Waals surface area contributed by atoms with E-state index in [9.17, 15) is 0 Å². The Kier molecular flexibility index (Phi) is 3.39. The molecular weight excluding hydrogens is 312 g/mol. The van der Waals surface area contributed by atoms with Crippen LogP contribution in [0, 0.1) is 0 Å². The Morgan fingerprint density at radius 2 is 2.26 bits per heavy atom. The fourth-order valence-corrected chi connectivity index (χ4v) is 2.61. The Morgan fingerprint density at radius 1 is 1.37 bits per heavy atom.